The maximum atomic E-state index is 12.4. The first-order valence-corrected chi connectivity index (χ1v) is 9.96. The first-order valence-electron chi connectivity index (χ1n) is 9.96. The van der Waals surface area contributed by atoms with Crippen LogP contribution in [0.3, 0.4) is 0 Å². The highest BCUT2D eigenvalue weighted by Gasteiger charge is 2.24. The van der Waals surface area contributed by atoms with Gasteiger partial charge >= 0.3 is 0 Å². The number of ether oxygens (including phenoxy) is 1. The molecule has 6 heteroatoms. The van der Waals surface area contributed by atoms with E-state index in [9.17, 15) is 4.79 Å². The zero-order valence-corrected chi connectivity index (χ0v) is 15.7. The highest BCUT2D eigenvalue weighted by molar-refractivity contribution is 5.91. The molecule has 1 aromatic carbocycles. The van der Waals surface area contributed by atoms with Crippen LogP contribution in [-0.4, -0.2) is 53.6 Å². The monoisotopic (exact) mass is 369 g/mol. The number of rotatable bonds is 6. The largest absolute Gasteiger partial charge is 0.494 e. The second-order valence-electron chi connectivity index (χ2n) is 7.39. The number of likely N-dealkylation sites (tertiary alicyclic amines) is 1. The van der Waals surface area contributed by atoms with E-state index in [1.54, 1.807) is 6.07 Å². The van der Waals surface area contributed by atoms with Crippen molar-refractivity contribution in [2.24, 2.45) is 0 Å². The Morgan fingerprint density at radius 2 is 2.00 bits per heavy atom. The molecule has 2 aliphatic rings. The summed E-state index contributed by atoms with van der Waals surface area (Å²) in [4.78, 5) is 16.8. The van der Waals surface area contributed by atoms with Gasteiger partial charge in [0.15, 0.2) is 0 Å². The molecular formula is C21H27N3O3. The summed E-state index contributed by atoms with van der Waals surface area (Å²) in [6.07, 6.45) is 7.45. The van der Waals surface area contributed by atoms with Gasteiger partial charge in [0, 0.05) is 25.7 Å². The molecule has 144 valence electrons. The van der Waals surface area contributed by atoms with Gasteiger partial charge in [0.25, 0.3) is 5.91 Å². The molecule has 0 bridgehead atoms. The molecule has 0 aliphatic carbocycles. The topological polar surface area (TPSA) is 58.8 Å². The summed E-state index contributed by atoms with van der Waals surface area (Å²) < 4.78 is 11.0. The van der Waals surface area contributed by atoms with E-state index in [1.165, 1.54) is 49.7 Å². The second kappa shape index (κ2) is 8.57. The molecule has 27 heavy (non-hydrogen) atoms. The zero-order valence-electron chi connectivity index (χ0n) is 15.7. The average molecular weight is 369 g/mol. The lowest BCUT2D eigenvalue weighted by atomic mass is 9.99. The fourth-order valence-electron chi connectivity index (χ4n) is 3.94. The molecule has 0 unspecified atom stereocenters. The minimum absolute atomic E-state index is 0.101. The van der Waals surface area contributed by atoms with Crippen molar-refractivity contribution in [3.05, 3.63) is 47.3 Å². The molecule has 1 amide bonds. The van der Waals surface area contributed by atoms with E-state index in [-0.39, 0.29) is 5.91 Å². The molecule has 1 fully saturated rings. The van der Waals surface area contributed by atoms with Crippen molar-refractivity contribution in [2.75, 3.05) is 32.8 Å². The van der Waals surface area contributed by atoms with E-state index in [0.29, 0.717) is 18.8 Å². The Kier molecular flexibility index (Phi) is 5.72. The summed E-state index contributed by atoms with van der Waals surface area (Å²) in [7, 11) is 0. The van der Waals surface area contributed by atoms with Gasteiger partial charge in [-0.25, -0.2) is 0 Å². The third-order valence-corrected chi connectivity index (χ3v) is 5.46. The van der Waals surface area contributed by atoms with Gasteiger partial charge in [-0.15, -0.1) is 0 Å². The summed E-state index contributed by atoms with van der Waals surface area (Å²) in [6.45, 7) is 5.65. The molecule has 2 aliphatic heterocycles. The molecule has 0 radical (unpaired) electrons. The van der Waals surface area contributed by atoms with Gasteiger partial charge in [0.05, 0.1) is 12.8 Å². The molecule has 0 N–H and O–H groups in total. The minimum Gasteiger partial charge on any atom is -0.494 e. The number of nitrogens with zero attached hydrogens (tertiary/aromatic N) is 3. The lowest BCUT2D eigenvalue weighted by Gasteiger charge is -2.28. The number of amides is 1. The van der Waals surface area contributed by atoms with Crippen LogP contribution in [-0.2, 0) is 13.0 Å². The first kappa shape index (κ1) is 18.0. The number of hydrogen-bond donors (Lipinski definition) is 0. The van der Waals surface area contributed by atoms with Crippen LogP contribution in [0.4, 0.5) is 0 Å². The van der Waals surface area contributed by atoms with Gasteiger partial charge < -0.3 is 19.1 Å². The van der Waals surface area contributed by atoms with Crippen molar-refractivity contribution in [3.8, 4) is 5.75 Å². The van der Waals surface area contributed by atoms with Crippen LogP contribution < -0.4 is 4.74 Å². The van der Waals surface area contributed by atoms with Crippen LogP contribution in [0, 0.1) is 0 Å². The molecule has 1 saturated heterocycles. The van der Waals surface area contributed by atoms with Gasteiger partial charge in [-0.2, -0.15) is 0 Å². The number of piperidine rings is 1. The first-order chi connectivity index (χ1) is 13.3. The second-order valence-corrected chi connectivity index (χ2v) is 7.39. The lowest BCUT2D eigenvalue weighted by molar-refractivity contribution is 0.0692. The van der Waals surface area contributed by atoms with Crippen LogP contribution in [0.5, 0.6) is 5.75 Å². The Balaban J connectivity index is 1.27. The van der Waals surface area contributed by atoms with Crippen LogP contribution in [0.1, 0.15) is 47.4 Å². The van der Waals surface area contributed by atoms with Gasteiger partial charge in [0.1, 0.15) is 5.75 Å². The number of aromatic nitrogens is 1. The lowest BCUT2D eigenvalue weighted by Crippen LogP contribution is -2.35. The Morgan fingerprint density at radius 3 is 2.81 bits per heavy atom. The van der Waals surface area contributed by atoms with E-state index in [4.69, 9.17) is 9.26 Å². The van der Waals surface area contributed by atoms with Gasteiger partial charge in [0.2, 0.25) is 5.76 Å². The zero-order chi connectivity index (χ0) is 18.5. The van der Waals surface area contributed by atoms with E-state index >= 15 is 0 Å². The fraction of sp³-hybridized carbons (Fsp3) is 0.524. The van der Waals surface area contributed by atoms with E-state index in [2.05, 4.69) is 22.2 Å². The normalized spacial score (nSPS) is 17.6. The van der Waals surface area contributed by atoms with E-state index in [1.807, 2.05) is 11.0 Å². The highest BCUT2D eigenvalue weighted by Crippen LogP contribution is 2.25. The van der Waals surface area contributed by atoms with E-state index < -0.39 is 0 Å². The van der Waals surface area contributed by atoms with Crippen molar-refractivity contribution in [2.45, 2.75) is 38.6 Å². The van der Waals surface area contributed by atoms with Gasteiger partial charge in [-0.05, 0) is 62.0 Å². The van der Waals surface area contributed by atoms with Crippen LogP contribution in [0.15, 0.2) is 35.0 Å². The SMILES string of the molecule is O=C(c1ccno1)N1CCc2cc(OCCCN3CCCCC3)ccc2C1. The smallest absolute Gasteiger partial charge is 0.292 e. The number of carbonyl (C=O) groups excluding carboxylic acids is 1. The number of benzene rings is 1. The Bertz CT molecular complexity index is 754. The van der Waals surface area contributed by atoms with Crippen molar-refractivity contribution in [1.29, 1.82) is 0 Å². The predicted molar refractivity (Wildman–Crippen MR) is 102 cm³/mol. The number of hydrogen-bond acceptors (Lipinski definition) is 5. The maximum absolute atomic E-state index is 12.4. The average Bonchev–Trinajstić information content (AvgIpc) is 3.26. The molecular weight excluding hydrogens is 342 g/mol. The van der Waals surface area contributed by atoms with Crippen LogP contribution in [0.25, 0.3) is 0 Å². The van der Waals surface area contributed by atoms with Gasteiger partial charge in [-0.1, -0.05) is 17.6 Å². The Morgan fingerprint density at radius 1 is 1.11 bits per heavy atom. The van der Waals surface area contributed by atoms with Crippen molar-refractivity contribution in [3.63, 3.8) is 0 Å². The van der Waals surface area contributed by atoms with E-state index in [0.717, 1.165) is 31.7 Å². The molecule has 6 nitrogen and oxygen atoms in total. The molecule has 4 rings (SSSR count). The van der Waals surface area contributed by atoms with Crippen molar-refractivity contribution < 1.29 is 14.1 Å². The molecule has 0 spiro atoms. The molecule has 3 heterocycles. The Hall–Kier alpha value is -2.34. The van der Waals surface area contributed by atoms with Crippen molar-refractivity contribution in [1.82, 2.24) is 15.0 Å². The summed E-state index contributed by atoms with van der Waals surface area (Å²) in [5.74, 6) is 1.13. The summed E-state index contributed by atoms with van der Waals surface area (Å²) in [5.41, 5.74) is 2.44. The molecule has 0 saturated carbocycles. The highest BCUT2D eigenvalue weighted by atomic mass is 16.5. The minimum atomic E-state index is -0.101. The summed E-state index contributed by atoms with van der Waals surface area (Å²) in [5, 5.41) is 3.62. The van der Waals surface area contributed by atoms with Gasteiger partial charge in [-0.3, -0.25) is 4.79 Å². The Labute approximate surface area is 160 Å². The number of fused-ring (bicyclic) bond motifs is 1. The molecule has 2 aromatic rings. The fourth-order valence-corrected chi connectivity index (χ4v) is 3.94. The predicted octanol–water partition coefficient (Wildman–Crippen LogP) is 3.13. The van der Waals surface area contributed by atoms with Crippen LogP contribution >= 0.6 is 0 Å². The quantitative estimate of drug-likeness (QED) is 0.732. The standard InChI is InChI=1S/C21H27N3O3/c25-21(20-7-9-22-27-20)24-13-8-17-15-19(6-5-18(17)16-24)26-14-4-12-23-10-2-1-3-11-23/h5-7,9,15H,1-4,8,10-14,16H2. The third kappa shape index (κ3) is 4.50. The summed E-state index contributed by atoms with van der Waals surface area (Å²) >= 11 is 0. The van der Waals surface area contributed by atoms with Crippen LogP contribution in [0.2, 0.25) is 0 Å². The molecule has 1 aromatic heterocycles. The molecule has 0 atom stereocenters. The number of carbonyl (C=O) groups is 1. The summed E-state index contributed by atoms with van der Waals surface area (Å²) in [6, 6.07) is 7.84. The van der Waals surface area contributed by atoms with Crippen molar-refractivity contribution >= 4 is 5.91 Å². The maximum Gasteiger partial charge on any atom is 0.292 e. The third-order valence-electron chi connectivity index (χ3n) is 5.46.